The van der Waals surface area contributed by atoms with Crippen LogP contribution >= 0.6 is 0 Å². The van der Waals surface area contributed by atoms with Gasteiger partial charge in [-0.25, -0.2) is 0 Å². The number of hydrogen-bond acceptors (Lipinski definition) is 6. The Balaban J connectivity index is 1.18. The lowest BCUT2D eigenvalue weighted by atomic mass is 9.97. The number of rotatable bonds is 12. The Bertz CT molecular complexity index is 2360. The molecule has 1 aliphatic rings. The average Bonchev–Trinajstić information content (AvgIpc) is 3.74. The van der Waals surface area contributed by atoms with Gasteiger partial charge >= 0.3 is 5.97 Å². The zero-order valence-electron chi connectivity index (χ0n) is 30.2. The molecule has 8 rings (SSSR count). The Labute approximate surface area is 308 Å². The van der Waals surface area contributed by atoms with Crippen molar-refractivity contribution in [1.82, 2.24) is 4.98 Å². The van der Waals surface area contributed by atoms with Crippen molar-refractivity contribution in [2.75, 3.05) is 6.61 Å². The van der Waals surface area contributed by atoms with E-state index in [9.17, 15) is 4.79 Å². The van der Waals surface area contributed by atoms with Gasteiger partial charge in [0.25, 0.3) is 6.23 Å². The zero-order valence-corrected chi connectivity index (χ0v) is 30.2. The van der Waals surface area contributed by atoms with E-state index in [0.717, 1.165) is 60.4 Å². The largest absolute Gasteiger partial charge is 0.427 e. The van der Waals surface area contributed by atoms with Gasteiger partial charge < -0.3 is 28.7 Å². The first-order valence-corrected chi connectivity index (χ1v) is 18.1. The molecule has 0 unspecified atom stereocenters. The van der Waals surface area contributed by atoms with Crippen LogP contribution in [0.25, 0.3) is 32.6 Å². The molecule has 2 aromatic heterocycles. The van der Waals surface area contributed by atoms with Crippen molar-refractivity contribution in [3.05, 3.63) is 155 Å². The van der Waals surface area contributed by atoms with Gasteiger partial charge in [0.05, 0.1) is 31.9 Å². The smallest absolute Gasteiger partial charge is 0.308 e. The number of H-pyrrole nitrogens is 1. The van der Waals surface area contributed by atoms with Gasteiger partial charge in [0.1, 0.15) is 18.0 Å². The van der Waals surface area contributed by atoms with Crippen molar-refractivity contribution in [2.45, 2.75) is 65.1 Å². The molecule has 8 heteroatoms. The Morgan fingerprint density at radius 3 is 1.98 bits per heavy atom. The average molecular weight is 708 g/mol. The van der Waals surface area contributed by atoms with Gasteiger partial charge in [-0.2, -0.15) is 4.57 Å². The molecule has 3 heterocycles. The minimum Gasteiger partial charge on any atom is -0.427 e. The van der Waals surface area contributed by atoms with Crippen molar-refractivity contribution in [1.29, 1.82) is 0 Å². The number of nitrogens with one attached hydrogen (secondary N) is 1. The number of aromatic nitrogens is 2. The second-order valence-electron chi connectivity index (χ2n) is 13.7. The van der Waals surface area contributed by atoms with E-state index in [0.29, 0.717) is 32.2 Å². The fraction of sp³-hybridized carbons (Fsp3) is 0.244. The number of carbonyl (C=O) groups excluding carboxylic acids is 1. The Hall–Kier alpha value is -5.38. The summed E-state index contributed by atoms with van der Waals surface area (Å²) in [6.07, 6.45) is 2.49. The van der Waals surface area contributed by atoms with Crippen LogP contribution in [0.4, 0.5) is 0 Å². The molecule has 8 nitrogen and oxygen atoms in total. The molecular weight excluding hydrogens is 665 g/mol. The molecule has 4 atom stereocenters. The summed E-state index contributed by atoms with van der Waals surface area (Å²) in [5.74, 6) is 0.171. The molecule has 0 bridgehead atoms. The van der Waals surface area contributed by atoms with Crippen LogP contribution < -0.4 is 9.30 Å². The number of fused-ring (bicyclic) bond motifs is 4. The molecule has 5 aromatic carbocycles. The number of benzene rings is 5. The lowest BCUT2D eigenvalue weighted by Crippen LogP contribution is -2.47. The minimum atomic E-state index is -0.497. The normalized spacial score (nSPS) is 18.6. The van der Waals surface area contributed by atoms with E-state index in [1.807, 2.05) is 72.8 Å². The van der Waals surface area contributed by atoms with Crippen molar-refractivity contribution in [2.24, 2.45) is 0 Å². The first kappa shape index (κ1) is 34.7. The molecular formula is C45H43N2O6+. The van der Waals surface area contributed by atoms with E-state index in [1.54, 1.807) is 0 Å². The van der Waals surface area contributed by atoms with Crippen LogP contribution in [0.3, 0.4) is 0 Å². The van der Waals surface area contributed by atoms with Crippen LogP contribution in [-0.2, 0) is 43.6 Å². The highest BCUT2D eigenvalue weighted by Crippen LogP contribution is 2.38. The van der Waals surface area contributed by atoms with Gasteiger partial charge in [-0.15, -0.1) is 0 Å². The standard InChI is InChI=1S/C45H42N2O6/c1-29-38-24-47(22-21-36(38)30(2)42-41(29)37-23-35(52-31(3)48)19-20-39(37)46-42)45-44(51-27-34-17-11-6-12-18-34)43(50-26-33-15-9-5-10-16-33)40(53-45)28-49-25-32-13-7-4-8-14-32/h4-24,40,43-45H,25-28H2,1-3H3/p+1/t40-,43-,44+,45-/m1/s1. The fourth-order valence-corrected chi connectivity index (χ4v) is 7.50. The van der Waals surface area contributed by atoms with E-state index in [-0.39, 0.29) is 5.97 Å². The van der Waals surface area contributed by atoms with Gasteiger partial charge in [-0.1, -0.05) is 91.0 Å². The molecule has 0 amide bonds. The number of ether oxygens (including phenoxy) is 5. The quantitative estimate of drug-likeness (QED) is 0.0779. The number of nitrogens with zero attached hydrogens (tertiary/aromatic N) is 1. The molecule has 53 heavy (non-hydrogen) atoms. The second-order valence-corrected chi connectivity index (χ2v) is 13.7. The van der Waals surface area contributed by atoms with Crippen molar-refractivity contribution >= 4 is 38.5 Å². The molecule has 268 valence electrons. The summed E-state index contributed by atoms with van der Waals surface area (Å²) in [6, 6.07) is 38.4. The van der Waals surface area contributed by atoms with Crippen LogP contribution in [0, 0.1) is 13.8 Å². The molecule has 0 saturated carbocycles. The van der Waals surface area contributed by atoms with E-state index in [1.165, 1.54) is 6.92 Å². The Morgan fingerprint density at radius 1 is 0.717 bits per heavy atom. The first-order valence-electron chi connectivity index (χ1n) is 18.1. The molecule has 1 fully saturated rings. The molecule has 0 radical (unpaired) electrons. The van der Waals surface area contributed by atoms with Crippen molar-refractivity contribution in [3.8, 4) is 5.75 Å². The number of hydrogen-bond donors (Lipinski definition) is 1. The third kappa shape index (κ3) is 7.32. The van der Waals surface area contributed by atoms with E-state index in [2.05, 4.69) is 78.3 Å². The SMILES string of the molecule is CC(=O)Oc1ccc2[nH]c3c(C)c4cc[n+]([C@@H]5O[C@H](COCc6ccccc6)[C@@H](OCc6ccccc6)[C@@H]5OCc5ccccc5)cc4c(C)c3c2c1. The Morgan fingerprint density at radius 2 is 1.34 bits per heavy atom. The molecule has 1 saturated heterocycles. The Kier molecular flexibility index (Phi) is 10.0. The number of carbonyl (C=O) groups is 1. The molecule has 0 spiro atoms. The zero-order chi connectivity index (χ0) is 36.3. The van der Waals surface area contributed by atoms with Gasteiger partial charge in [-0.3, -0.25) is 4.79 Å². The number of aromatic amines is 1. The summed E-state index contributed by atoms with van der Waals surface area (Å²) >= 11 is 0. The maximum absolute atomic E-state index is 11.8. The monoisotopic (exact) mass is 707 g/mol. The summed E-state index contributed by atoms with van der Waals surface area (Å²) < 4.78 is 34.4. The summed E-state index contributed by atoms with van der Waals surface area (Å²) in [4.78, 5) is 15.4. The molecule has 0 aliphatic carbocycles. The van der Waals surface area contributed by atoms with Crippen LogP contribution in [-0.4, -0.2) is 35.9 Å². The van der Waals surface area contributed by atoms with Crippen LogP contribution in [0.2, 0.25) is 0 Å². The molecule has 1 aliphatic heterocycles. The third-order valence-corrected chi connectivity index (χ3v) is 10.1. The highest BCUT2D eigenvalue weighted by molar-refractivity contribution is 6.16. The highest BCUT2D eigenvalue weighted by atomic mass is 16.6. The van der Waals surface area contributed by atoms with Gasteiger partial charge in [-0.05, 0) is 65.3 Å². The predicted octanol–water partition coefficient (Wildman–Crippen LogP) is 8.59. The van der Waals surface area contributed by atoms with Gasteiger partial charge in [0.2, 0.25) is 0 Å². The summed E-state index contributed by atoms with van der Waals surface area (Å²) in [6.45, 7) is 7.32. The predicted molar refractivity (Wildman–Crippen MR) is 204 cm³/mol. The van der Waals surface area contributed by atoms with Crippen molar-refractivity contribution < 1.29 is 33.0 Å². The van der Waals surface area contributed by atoms with Crippen LogP contribution in [0.5, 0.6) is 5.75 Å². The molecule has 1 N–H and O–H groups in total. The maximum Gasteiger partial charge on any atom is 0.308 e. The number of aryl methyl sites for hydroxylation is 2. The van der Waals surface area contributed by atoms with Crippen molar-refractivity contribution in [3.63, 3.8) is 0 Å². The second kappa shape index (κ2) is 15.3. The fourth-order valence-electron chi connectivity index (χ4n) is 7.50. The first-order chi connectivity index (χ1) is 25.9. The topological polar surface area (TPSA) is 82.9 Å². The van der Waals surface area contributed by atoms with Gasteiger partial charge in [0, 0.05) is 34.7 Å². The maximum atomic E-state index is 11.8. The van der Waals surface area contributed by atoms with E-state index < -0.39 is 24.5 Å². The lowest BCUT2D eigenvalue weighted by Gasteiger charge is -2.23. The summed E-state index contributed by atoms with van der Waals surface area (Å²) in [7, 11) is 0. The van der Waals surface area contributed by atoms with E-state index >= 15 is 0 Å². The van der Waals surface area contributed by atoms with Crippen LogP contribution in [0.15, 0.2) is 128 Å². The van der Waals surface area contributed by atoms with Crippen LogP contribution in [0.1, 0.15) is 41.0 Å². The minimum absolute atomic E-state index is 0.336. The number of esters is 1. The number of pyridine rings is 1. The third-order valence-electron chi connectivity index (χ3n) is 10.1. The highest BCUT2D eigenvalue weighted by Gasteiger charge is 2.51. The van der Waals surface area contributed by atoms with E-state index in [4.69, 9.17) is 23.7 Å². The molecule has 7 aromatic rings. The summed E-state index contributed by atoms with van der Waals surface area (Å²) in [5, 5.41) is 4.32. The summed E-state index contributed by atoms with van der Waals surface area (Å²) in [5.41, 5.74) is 7.54. The lowest BCUT2D eigenvalue weighted by molar-refractivity contribution is -0.765. The van der Waals surface area contributed by atoms with Gasteiger partial charge in [0.15, 0.2) is 18.5 Å².